The van der Waals surface area contributed by atoms with Gasteiger partial charge in [0.15, 0.2) is 9.84 Å². The highest BCUT2D eigenvalue weighted by Crippen LogP contribution is 2.29. The van der Waals surface area contributed by atoms with Crippen LogP contribution in [0.15, 0.2) is 45.8 Å². The summed E-state index contributed by atoms with van der Waals surface area (Å²) in [7, 11) is -3.33. The van der Waals surface area contributed by atoms with E-state index in [0.29, 0.717) is 21.9 Å². The van der Waals surface area contributed by atoms with Crippen LogP contribution in [-0.4, -0.2) is 24.6 Å². The van der Waals surface area contributed by atoms with Crippen LogP contribution >= 0.6 is 27.5 Å². The minimum Gasteiger partial charge on any atom is -0.338 e. The number of hydrogen-bond donors (Lipinski definition) is 1. The molecule has 0 aliphatic rings. The van der Waals surface area contributed by atoms with Crippen molar-refractivity contribution in [3.63, 3.8) is 0 Å². The molecule has 1 aromatic heterocycles. The minimum atomic E-state index is -3.33. The summed E-state index contributed by atoms with van der Waals surface area (Å²) in [6.45, 7) is 0. The maximum Gasteiger partial charge on any atom is 0.177 e. The van der Waals surface area contributed by atoms with Crippen LogP contribution < -0.4 is 0 Å². The lowest BCUT2D eigenvalue weighted by atomic mass is 10.2. The van der Waals surface area contributed by atoms with Gasteiger partial charge in [-0.1, -0.05) is 33.6 Å². The molecule has 0 bridgehead atoms. The monoisotopic (exact) mass is 384 g/mol. The molecule has 21 heavy (non-hydrogen) atoms. The van der Waals surface area contributed by atoms with Crippen LogP contribution in [0.2, 0.25) is 5.02 Å². The van der Waals surface area contributed by atoms with Crippen LogP contribution in [0, 0.1) is 0 Å². The van der Waals surface area contributed by atoms with Crippen molar-refractivity contribution in [3.05, 3.63) is 45.9 Å². The molecule has 108 valence electrons. The van der Waals surface area contributed by atoms with Gasteiger partial charge in [-0.05, 0) is 30.3 Å². The van der Waals surface area contributed by atoms with E-state index in [9.17, 15) is 8.42 Å². The second kappa shape index (κ2) is 5.12. The molecule has 0 aliphatic heterocycles. The van der Waals surface area contributed by atoms with Gasteiger partial charge in [-0.2, -0.15) is 0 Å². The topological polar surface area (TPSA) is 62.8 Å². The second-order valence-electron chi connectivity index (χ2n) is 4.67. The first-order chi connectivity index (χ1) is 9.84. The molecule has 4 nitrogen and oxygen atoms in total. The zero-order valence-corrected chi connectivity index (χ0v) is 14.1. The molecule has 0 fully saturated rings. The van der Waals surface area contributed by atoms with E-state index in [4.69, 9.17) is 11.6 Å². The van der Waals surface area contributed by atoms with Gasteiger partial charge in [0, 0.05) is 21.3 Å². The molecule has 1 N–H and O–H groups in total. The summed E-state index contributed by atoms with van der Waals surface area (Å²) in [6.07, 6.45) is 1.17. The van der Waals surface area contributed by atoms with E-state index in [0.717, 1.165) is 10.0 Å². The first-order valence-electron chi connectivity index (χ1n) is 6.00. The number of H-pyrrole nitrogens is 1. The van der Waals surface area contributed by atoms with Gasteiger partial charge in [-0.3, -0.25) is 0 Å². The summed E-state index contributed by atoms with van der Waals surface area (Å²) >= 11 is 9.41. The van der Waals surface area contributed by atoms with Crippen molar-refractivity contribution in [1.29, 1.82) is 0 Å². The Morgan fingerprint density at radius 1 is 1.24 bits per heavy atom. The van der Waals surface area contributed by atoms with Crippen molar-refractivity contribution in [2.75, 3.05) is 6.26 Å². The van der Waals surface area contributed by atoms with Crippen LogP contribution in [0.5, 0.6) is 0 Å². The number of benzene rings is 2. The fourth-order valence-electron chi connectivity index (χ4n) is 2.13. The number of aromatic nitrogens is 2. The van der Waals surface area contributed by atoms with Crippen molar-refractivity contribution >= 4 is 48.4 Å². The fraction of sp³-hybridized carbons (Fsp3) is 0.0714. The number of para-hydroxylation sites is 1. The predicted molar refractivity (Wildman–Crippen MR) is 87.3 cm³/mol. The Morgan fingerprint density at radius 3 is 2.67 bits per heavy atom. The number of nitrogens with zero attached hydrogens (tertiary/aromatic N) is 1. The van der Waals surface area contributed by atoms with Gasteiger partial charge in [0.2, 0.25) is 0 Å². The SMILES string of the molecule is CS(=O)(=O)c1cccc2[nH]c(-c3cc(Cl)cc(Br)c3)nc12. The molecule has 0 aliphatic carbocycles. The van der Waals surface area contributed by atoms with Gasteiger partial charge in [-0.25, -0.2) is 13.4 Å². The lowest BCUT2D eigenvalue weighted by Gasteiger charge is -1.99. The Kier molecular flexibility index (Phi) is 3.55. The van der Waals surface area contributed by atoms with Gasteiger partial charge >= 0.3 is 0 Å². The van der Waals surface area contributed by atoms with Gasteiger partial charge in [-0.15, -0.1) is 0 Å². The number of rotatable bonds is 2. The smallest absolute Gasteiger partial charge is 0.177 e. The van der Waals surface area contributed by atoms with E-state index in [1.54, 1.807) is 30.3 Å². The molecule has 0 saturated heterocycles. The van der Waals surface area contributed by atoms with E-state index in [-0.39, 0.29) is 4.90 Å². The van der Waals surface area contributed by atoms with Gasteiger partial charge in [0.1, 0.15) is 11.3 Å². The molecular weight excluding hydrogens is 376 g/mol. The molecule has 0 radical (unpaired) electrons. The Bertz CT molecular complexity index is 931. The summed E-state index contributed by atoms with van der Waals surface area (Å²) in [4.78, 5) is 7.75. The standard InChI is InChI=1S/C14H10BrClN2O2S/c1-21(19,20)12-4-2-3-11-13(12)18-14(17-11)8-5-9(15)7-10(16)6-8/h2-7H,1H3,(H,17,18). The van der Waals surface area contributed by atoms with Crippen LogP contribution in [0.3, 0.4) is 0 Å². The van der Waals surface area contributed by atoms with Crippen LogP contribution in [-0.2, 0) is 9.84 Å². The molecule has 0 unspecified atom stereocenters. The lowest BCUT2D eigenvalue weighted by molar-refractivity contribution is 0.602. The van der Waals surface area contributed by atoms with Crippen molar-refractivity contribution in [2.45, 2.75) is 4.90 Å². The van der Waals surface area contributed by atoms with Crippen molar-refractivity contribution in [1.82, 2.24) is 9.97 Å². The first kappa shape index (κ1) is 14.6. The van der Waals surface area contributed by atoms with Crippen molar-refractivity contribution in [3.8, 4) is 11.4 Å². The number of imidazole rings is 1. The van der Waals surface area contributed by atoms with E-state index in [1.807, 2.05) is 6.07 Å². The maximum absolute atomic E-state index is 11.8. The first-order valence-corrected chi connectivity index (χ1v) is 9.06. The van der Waals surface area contributed by atoms with E-state index >= 15 is 0 Å². The number of halogens is 2. The van der Waals surface area contributed by atoms with E-state index in [2.05, 4.69) is 25.9 Å². The van der Waals surface area contributed by atoms with Crippen LogP contribution in [0.4, 0.5) is 0 Å². The summed E-state index contributed by atoms with van der Waals surface area (Å²) in [5.74, 6) is 0.573. The highest BCUT2D eigenvalue weighted by atomic mass is 79.9. The average molecular weight is 386 g/mol. The average Bonchev–Trinajstić information content (AvgIpc) is 2.79. The van der Waals surface area contributed by atoms with Gasteiger partial charge in [0.05, 0.1) is 10.4 Å². The Hall–Kier alpha value is -1.37. The van der Waals surface area contributed by atoms with Gasteiger partial charge in [0.25, 0.3) is 0 Å². The zero-order valence-electron chi connectivity index (χ0n) is 10.9. The largest absolute Gasteiger partial charge is 0.338 e. The Balaban J connectivity index is 2.27. The molecule has 0 amide bonds. The molecule has 3 rings (SSSR count). The number of sulfone groups is 1. The molecule has 3 aromatic rings. The van der Waals surface area contributed by atoms with Crippen molar-refractivity contribution in [2.24, 2.45) is 0 Å². The zero-order chi connectivity index (χ0) is 15.2. The maximum atomic E-state index is 11.8. The summed E-state index contributed by atoms with van der Waals surface area (Å²) in [5.41, 5.74) is 1.89. The highest BCUT2D eigenvalue weighted by Gasteiger charge is 2.16. The Labute approximate surface area is 135 Å². The molecule has 0 spiro atoms. The molecule has 2 aromatic carbocycles. The predicted octanol–water partition coefficient (Wildman–Crippen LogP) is 4.05. The molecule has 0 atom stereocenters. The second-order valence-corrected chi connectivity index (χ2v) is 8.00. The molecular formula is C14H10BrClN2O2S. The lowest BCUT2D eigenvalue weighted by Crippen LogP contribution is -1.97. The van der Waals surface area contributed by atoms with Crippen molar-refractivity contribution < 1.29 is 8.42 Å². The molecule has 7 heteroatoms. The third kappa shape index (κ3) is 2.84. The quantitative estimate of drug-likeness (QED) is 0.724. The number of hydrogen-bond acceptors (Lipinski definition) is 3. The summed E-state index contributed by atoms with van der Waals surface area (Å²) in [6, 6.07) is 10.4. The minimum absolute atomic E-state index is 0.212. The number of nitrogens with one attached hydrogen (secondary N) is 1. The summed E-state index contributed by atoms with van der Waals surface area (Å²) < 4.78 is 24.5. The summed E-state index contributed by atoms with van der Waals surface area (Å²) in [5, 5.41) is 0.572. The normalized spacial score (nSPS) is 12.0. The highest BCUT2D eigenvalue weighted by molar-refractivity contribution is 9.10. The number of fused-ring (bicyclic) bond motifs is 1. The van der Waals surface area contributed by atoms with Gasteiger partial charge < -0.3 is 4.98 Å². The third-order valence-corrected chi connectivity index (χ3v) is 4.82. The van der Waals surface area contributed by atoms with E-state index in [1.165, 1.54) is 6.26 Å². The molecule has 0 saturated carbocycles. The number of aromatic amines is 1. The Morgan fingerprint density at radius 2 is 2.00 bits per heavy atom. The van der Waals surface area contributed by atoms with Crippen LogP contribution in [0.25, 0.3) is 22.4 Å². The van der Waals surface area contributed by atoms with E-state index < -0.39 is 9.84 Å². The third-order valence-electron chi connectivity index (χ3n) is 3.01. The fourth-order valence-corrected chi connectivity index (χ4v) is 3.83. The van der Waals surface area contributed by atoms with Crippen LogP contribution in [0.1, 0.15) is 0 Å². The molecule has 1 heterocycles.